The predicted octanol–water partition coefficient (Wildman–Crippen LogP) is 4.23. The number of nitrogens with one attached hydrogen (secondary N) is 1. The SMILES string of the molecule is CCC(C)(C)CC(C)(C)CC1CCNCC1. The van der Waals surface area contributed by atoms with Gasteiger partial charge in [-0.05, 0) is 55.5 Å². The molecule has 0 saturated carbocycles. The quantitative estimate of drug-likeness (QED) is 0.738. The summed E-state index contributed by atoms with van der Waals surface area (Å²) in [7, 11) is 0. The average molecular weight is 225 g/mol. The maximum Gasteiger partial charge on any atom is -0.00463 e. The van der Waals surface area contributed by atoms with Crippen LogP contribution in [-0.2, 0) is 0 Å². The van der Waals surface area contributed by atoms with Crippen LogP contribution >= 0.6 is 0 Å². The summed E-state index contributed by atoms with van der Waals surface area (Å²) in [6, 6.07) is 0. The predicted molar refractivity (Wildman–Crippen MR) is 72.7 cm³/mol. The Balaban J connectivity index is 2.43. The molecule has 0 spiro atoms. The van der Waals surface area contributed by atoms with Gasteiger partial charge in [0.1, 0.15) is 0 Å². The van der Waals surface area contributed by atoms with E-state index in [0.29, 0.717) is 10.8 Å². The van der Waals surface area contributed by atoms with Crippen LogP contribution in [0.25, 0.3) is 0 Å². The van der Waals surface area contributed by atoms with Crippen LogP contribution in [0, 0.1) is 16.7 Å². The first-order chi connectivity index (χ1) is 7.35. The van der Waals surface area contributed by atoms with Crippen LogP contribution in [0.15, 0.2) is 0 Å². The van der Waals surface area contributed by atoms with Crippen LogP contribution in [0.4, 0.5) is 0 Å². The fraction of sp³-hybridized carbons (Fsp3) is 1.00. The van der Waals surface area contributed by atoms with Gasteiger partial charge in [-0.15, -0.1) is 0 Å². The maximum atomic E-state index is 3.46. The molecular weight excluding hydrogens is 194 g/mol. The van der Waals surface area contributed by atoms with Crippen molar-refractivity contribution in [3.8, 4) is 0 Å². The summed E-state index contributed by atoms with van der Waals surface area (Å²) in [6.07, 6.45) is 6.84. The second kappa shape index (κ2) is 5.53. The Morgan fingerprint density at radius 3 is 2.06 bits per heavy atom. The van der Waals surface area contributed by atoms with Gasteiger partial charge in [0, 0.05) is 0 Å². The highest BCUT2D eigenvalue weighted by Gasteiger charge is 2.30. The Hall–Kier alpha value is -0.0400. The molecule has 16 heavy (non-hydrogen) atoms. The largest absolute Gasteiger partial charge is 0.317 e. The summed E-state index contributed by atoms with van der Waals surface area (Å²) >= 11 is 0. The second-order valence-corrected chi connectivity index (χ2v) is 7.26. The van der Waals surface area contributed by atoms with Gasteiger partial charge in [0.15, 0.2) is 0 Å². The molecule has 0 unspecified atom stereocenters. The van der Waals surface area contributed by atoms with Gasteiger partial charge in [0.2, 0.25) is 0 Å². The highest BCUT2D eigenvalue weighted by molar-refractivity contribution is 4.82. The molecule has 1 aliphatic heterocycles. The van der Waals surface area contributed by atoms with Crippen molar-refractivity contribution in [1.82, 2.24) is 5.32 Å². The first-order valence-corrected chi connectivity index (χ1v) is 7.05. The van der Waals surface area contributed by atoms with Gasteiger partial charge in [-0.3, -0.25) is 0 Å². The molecule has 0 aromatic carbocycles. The molecular formula is C15H31N. The Morgan fingerprint density at radius 2 is 1.56 bits per heavy atom. The van der Waals surface area contributed by atoms with E-state index in [4.69, 9.17) is 0 Å². The van der Waals surface area contributed by atoms with Crippen molar-refractivity contribution in [3.05, 3.63) is 0 Å². The van der Waals surface area contributed by atoms with Gasteiger partial charge in [-0.1, -0.05) is 41.0 Å². The topological polar surface area (TPSA) is 12.0 Å². The van der Waals surface area contributed by atoms with Crippen molar-refractivity contribution < 1.29 is 0 Å². The van der Waals surface area contributed by atoms with Crippen molar-refractivity contribution in [1.29, 1.82) is 0 Å². The number of rotatable bonds is 5. The van der Waals surface area contributed by atoms with E-state index in [1.54, 1.807) is 0 Å². The lowest BCUT2D eigenvalue weighted by Crippen LogP contribution is -2.32. The third-order valence-electron chi connectivity index (χ3n) is 4.21. The smallest absolute Gasteiger partial charge is 0.00463 e. The van der Waals surface area contributed by atoms with Gasteiger partial charge in [0.05, 0.1) is 0 Å². The molecule has 0 bridgehead atoms. The molecule has 0 amide bonds. The van der Waals surface area contributed by atoms with Crippen molar-refractivity contribution in [2.24, 2.45) is 16.7 Å². The number of piperidine rings is 1. The molecule has 1 heterocycles. The fourth-order valence-corrected chi connectivity index (χ4v) is 3.36. The number of hydrogen-bond donors (Lipinski definition) is 1. The molecule has 1 heteroatoms. The van der Waals surface area contributed by atoms with Gasteiger partial charge >= 0.3 is 0 Å². The zero-order valence-corrected chi connectivity index (χ0v) is 12.0. The molecule has 1 nitrogen and oxygen atoms in total. The van der Waals surface area contributed by atoms with E-state index < -0.39 is 0 Å². The minimum Gasteiger partial charge on any atom is -0.317 e. The molecule has 1 aliphatic rings. The Bertz CT molecular complexity index is 199. The van der Waals surface area contributed by atoms with Gasteiger partial charge in [-0.25, -0.2) is 0 Å². The number of hydrogen-bond acceptors (Lipinski definition) is 1. The Kier molecular flexibility index (Phi) is 4.85. The molecule has 1 saturated heterocycles. The summed E-state index contributed by atoms with van der Waals surface area (Å²) in [5, 5.41) is 3.46. The van der Waals surface area contributed by atoms with E-state index in [1.807, 2.05) is 0 Å². The lowest BCUT2D eigenvalue weighted by atomic mass is 9.69. The lowest BCUT2D eigenvalue weighted by molar-refractivity contribution is 0.142. The minimum absolute atomic E-state index is 0.510. The first-order valence-electron chi connectivity index (χ1n) is 7.05. The summed E-state index contributed by atoms with van der Waals surface area (Å²) in [6.45, 7) is 14.5. The van der Waals surface area contributed by atoms with Crippen molar-refractivity contribution in [2.45, 2.75) is 66.7 Å². The van der Waals surface area contributed by atoms with Crippen LogP contribution in [0.3, 0.4) is 0 Å². The molecule has 1 fully saturated rings. The van der Waals surface area contributed by atoms with Crippen LogP contribution in [0.2, 0.25) is 0 Å². The standard InChI is InChI=1S/C15H31N/c1-6-14(2,3)12-15(4,5)11-13-7-9-16-10-8-13/h13,16H,6-12H2,1-5H3. The molecule has 1 N–H and O–H groups in total. The molecule has 0 radical (unpaired) electrons. The third-order valence-corrected chi connectivity index (χ3v) is 4.21. The fourth-order valence-electron chi connectivity index (χ4n) is 3.36. The summed E-state index contributed by atoms with van der Waals surface area (Å²) in [5.41, 5.74) is 1.03. The van der Waals surface area contributed by atoms with E-state index in [1.165, 1.54) is 45.2 Å². The van der Waals surface area contributed by atoms with Crippen LogP contribution < -0.4 is 5.32 Å². The minimum atomic E-state index is 0.510. The highest BCUT2D eigenvalue weighted by atomic mass is 14.9. The summed E-state index contributed by atoms with van der Waals surface area (Å²) in [5.74, 6) is 0.962. The first kappa shape index (κ1) is 14.0. The van der Waals surface area contributed by atoms with E-state index in [2.05, 4.69) is 39.9 Å². The summed E-state index contributed by atoms with van der Waals surface area (Å²) in [4.78, 5) is 0. The second-order valence-electron chi connectivity index (χ2n) is 7.26. The Labute approximate surface area is 102 Å². The lowest BCUT2D eigenvalue weighted by Gasteiger charge is -2.38. The average Bonchev–Trinajstić information content (AvgIpc) is 2.17. The molecule has 0 aliphatic carbocycles. The molecule has 0 aromatic rings. The van der Waals surface area contributed by atoms with Gasteiger partial charge in [-0.2, -0.15) is 0 Å². The van der Waals surface area contributed by atoms with Crippen LogP contribution in [-0.4, -0.2) is 13.1 Å². The molecule has 0 atom stereocenters. The third kappa shape index (κ3) is 4.86. The zero-order chi connectivity index (χ0) is 12.2. The monoisotopic (exact) mass is 225 g/mol. The van der Waals surface area contributed by atoms with Crippen molar-refractivity contribution in [2.75, 3.05) is 13.1 Å². The maximum absolute atomic E-state index is 3.46. The molecule has 1 rings (SSSR count). The normalized spacial score (nSPS) is 20.1. The molecule has 0 aromatic heterocycles. The van der Waals surface area contributed by atoms with Crippen LogP contribution in [0.5, 0.6) is 0 Å². The van der Waals surface area contributed by atoms with Crippen LogP contribution in [0.1, 0.15) is 66.7 Å². The van der Waals surface area contributed by atoms with E-state index >= 15 is 0 Å². The highest BCUT2D eigenvalue weighted by Crippen LogP contribution is 2.41. The summed E-state index contributed by atoms with van der Waals surface area (Å²) < 4.78 is 0. The van der Waals surface area contributed by atoms with Gasteiger partial charge < -0.3 is 5.32 Å². The Morgan fingerprint density at radius 1 is 1.00 bits per heavy atom. The molecule has 96 valence electrons. The van der Waals surface area contributed by atoms with E-state index in [9.17, 15) is 0 Å². The van der Waals surface area contributed by atoms with Crippen molar-refractivity contribution >= 4 is 0 Å². The zero-order valence-electron chi connectivity index (χ0n) is 12.0. The van der Waals surface area contributed by atoms with Gasteiger partial charge in [0.25, 0.3) is 0 Å². The van der Waals surface area contributed by atoms with Crippen molar-refractivity contribution in [3.63, 3.8) is 0 Å². The van der Waals surface area contributed by atoms with E-state index in [0.717, 1.165) is 5.92 Å². The van der Waals surface area contributed by atoms with E-state index in [-0.39, 0.29) is 0 Å².